The molecule has 1 aromatic rings. The number of alkyl halides is 3. The van der Waals surface area contributed by atoms with Crippen LogP contribution in [0.25, 0.3) is 0 Å². The van der Waals surface area contributed by atoms with Gasteiger partial charge in [0.1, 0.15) is 0 Å². The van der Waals surface area contributed by atoms with Gasteiger partial charge in [-0.05, 0) is 37.9 Å². The maximum atomic E-state index is 12.5. The molecule has 112 valence electrons. The van der Waals surface area contributed by atoms with Crippen molar-refractivity contribution in [2.75, 3.05) is 19.6 Å². The number of aliphatic hydroxyl groups is 1. The van der Waals surface area contributed by atoms with Crippen LogP contribution in [0.1, 0.15) is 30.9 Å². The molecule has 0 radical (unpaired) electrons. The monoisotopic (exact) mass is 287 g/mol. The first kappa shape index (κ1) is 15.3. The molecule has 0 amide bonds. The van der Waals surface area contributed by atoms with Gasteiger partial charge in [-0.25, -0.2) is 0 Å². The average Bonchev–Trinajstić information content (AvgIpc) is 2.45. The van der Waals surface area contributed by atoms with Crippen molar-refractivity contribution >= 4 is 0 Å². The van der Waals surface area contributed by atoms with Crippen molar-refractivity contribution in [3.05, 3.63) is 35.9 Å². The summed E-state index contributed by atoms with van der Waals surface area (Å²) in [7, 11) is 0. The molecule has 2 nitrogen and oxygen atoms in total. The third-order valence-electron chi connectivity index (χ3n) is 3.95. The fraction of sp³-hybridized carbons (Fsp3) is 0.600. The summed E-state index contributed by atoms with van der Waals surface area (Å²) < 4.78 is 37.6. The molecule has 0 spiro atoms. The average molecular weight is 287 g/mol. The standard InChI is InChI=1S/C15H20F3NO/c16-15(17,18)13-6-9-19(10-7-13)11-8-14(20)12-4-2-1-3-5-12/h1-5,13-14,20H,6-11H2. The quantitative estimate of drug-likeness (QED) is 0.917. The van der Waals surface area contributed by atoms with Crippen LogP contribution in [0.2, 0.25) is 0 Å². The van der Waals surface area contributed by atoms with Crippen LogP contribution in [0.4, 0.5) is 13.2 Å². The van der Waals surface area contributed by atoms with Crippen molar-refractivity contribution in [2.24, 2.45) is 5.92 Å². The van der Waals surface area contributed by atoms with Gasteiger partial charge in [-0.15, -0.1) is 0 Å². The van der Waals surface area contributed by atoms with Crippen LogP contribution < -0.4 is 0 Å². The van der Waals surface area contributed by atoms with E-state index in [-0.39, 0.29) is 12.8 Å². The zero-order chi connectivity index (χ0) is 14.6. The molecule has 1 saturated heterocycles. The van der Waals surface area contributed by atoms with Gasteiger partial charge in [-0.3, -0.25) is 0 Å². The molecule has 1 fully saturated rings. The van der Waals surface area contributed by atoms with Gasteiger partial charge in [-0.1, -0.05) is 30.3 Å². The van der Waals surface area contributed by atoms with Crippen LogP contribution in [0, 0.1) is 5.92 Å². The summed E-state index contributed by atoms with van der Waals surface area (Å²) in [6.07, 6.45) is -3.71. The van der Waals surface area contributed by atoms with E-state index in [2.05, 4.69) is 0 Å². The number of piperidine rings is 1. The predicted molar refractivity (Wildman–Crippen MR) is 71.2 cm³/mol. The fourth-order valence-electron chi connectivity index (χ4n) is 2.63. The highest BCUT2D eigenvalue weighted by Gasteiger charge is 2.40. The Morgan fingerprint density at radius 2 is 1.75 bits per heavy atom. The van der Waals surface area contributed by atoms with Crippen molar-refractivity contribution in [3.63, 3.8) is 0 Å². The molecule has 1 aromatic carbocycles. The molecule has 1 aliphatic heterocycles. The Bertz CT molecular complexity index is 399. The van der Waals surface area contributed by atoms with E-state index in [9.17, 15) is 18.3 Å². The Hall–Kier alpha value is -1.07. The molecule has 1 heterocycles. The van der Waals surface area contributed by atoms with E-state index >= 15 is 0 Å². The number of benzene rings is 1. The maximum Gasteiger partial charge on any atom is 0.391 e. The lowest BCUT2D eigenvalue weighted by molar-refractivity contribution is -0.185. The topological polar surface area (TPSA) is 23.5 Å². The maximum absolute atomic E-state index is 12.5. The van der Waals surface area contributed by atoms with Crippen LogP contribution >= 0.6 is 0 Å². The van der Waals surface area contributed by atoms with E-state index in [1.54, 1.807) is 0 Å². The van der Waals surface area contributed by atoms with E-state index in [0.717, 1.165) is 5.56 Å². The second kappa shape index (κ2) is 6.59. The van der Waals surface area contributed by atoms with E-state index in [1.165, 1.54) is 0 Å². The van der Waals surface area contributed by atoms with Gasteiger partial charge in [0.15, 0.2) is 0 Å². The first-order valence-electron chi connectivity index (χ1n) is 6.99. The van der Waals surface area contributed by atoms with Crippen molar-refractivity contribution in [2.45, 2.75) is 31.5 Å². The Labute approximate surface area is 117 Å². The van der Waals surface area contributed by atoms with Crippen molar-refractivity contribution in [1.82, 2.24) is 4.90 Å². The number of hydrogen-bond acceptors (Lipinski definition) is 2. The normalized spacial score (nSPS) is 20.0. The lowest BCUT2D eigenvalue weighted by Gasteiger charge is -2.33. The highest BCUT2D eigenvalue weighted by atomic mass is 19.4. The molecule has 1 aliphatic rings. The van der Waals surface area contributed by atoms with Crippen LogP contribution in [0.3, 0.4) is 0 Å². The summed E-state index contributed by atoms with van der Waals surface area (Å²) in [6.45, 7) is 1.57. The summed E-state index contributed by atoms with van der Waals surface area (Å²) in [4.78, 5) is 2.01. The fourth-order valence-corrected chi connectivity index (χ4v) is 2.63. The van der Waals surface area contributed by atoms with Gasteiger partial charge >= 0.3 is 6.18 Å². The smallest absolute Gasteiger partial charge is 0.388 e. The highest BCUT2D eigenvalue weighted by molar-refractivity contribution is 5.17. The number of aliphatic hydroxyl groups excluding tert-OH is 1. The number of likely N-dealkylation sites (tertiary alicyclic amines) is 1. The van der Waals surface area contributed by atoms with Gasteiger partial charge in [-0.2, -0.15) is 13.2 Å². The minimum absolute atomic E-state index is 0.172. The molecule has 1 unspecified atom stereocenters. The van der Waals surface area contributed by atoms with Crippen molar-refractivity contribution in [3.8, 4) is 0 Å². The largest absolute Gasteiger partial charge is 0.391 e. The SMILES string of the molecule is OC(CCN1CCC(C(F)(F)F)CC1)c1ccccc1. The van der Waals surface area contributed by atoms with Crippen LogP contribution in [-0.4, -0.2) is 35.8 Å². The Kier molecular flexibility index (Phi) is 5.05. The predicted octanol–water partition coefficient (Wildman–Crippen LogP) is 3.38. The minimum Gasteiger partial charge on any atom is -0.388 e. The first-order valence-corrected chi connectivity index (χ1v) is 6.99. The van der Waals surface area contributed by atoms with Gasteiger partial charge < -0.3 is 10.0 Å². The van der Waals surface area contributed by atoms with Gasteiger partial charge in [0.25, 0.3) is 0 Å². The molecule has 2 rings (SSSR count). The first-order chi connectivity index (χ1) is 9.47. The van der Waals surface area contributed by atoms with Crippen LogP contribution in [0.15, 0.2) is 30.3 Å². The van der Waals surface area contributed by atoms with Crippen LogP contribution in [-0.2, 0) is 0 Å². The molecular formula is C15H20F3NO. The third-order valence-corrected chi connectivity index (χ3v) is 3.95. The Morgan fingerprint density at radius 1 is 1.15 bits per heavy atom. The highest BCUT2D eigenvalue weighted by Crippen LogP contribution is 2.34. The summed E-state index contributed by atoms with van der Waals surface area (Å²) in [5.41, 5.74) is 0.859. The summed E-state index contributed by atoms with van der Waals surface area (Å²) in [5.74, 6) is -1.15. The lowest BCUT2D eigenvalue weighted by atomic mass is 9.96. The molecule has 1 N–H and O–H groups in total. The zero-order valence-electron chi connectivity index (χ0n) is 11.3. The van der Waals surface area contributed by atoms with Gasteiger partial charge in [0.2, 0.25) is 0 Å². The minimum atomic E-state index is -4.06. The van der Waals surface area contributed by atoms with Crippen molar-refractivity contribution < 1.29 is 18.3 Å². The Balaban J connectivity index is 1.74. The summed E-state index contributed by atoms with van der Waals surface area (Å²) in [6, 6.07) is 9.35. The molecule has 0 aliphatic carbocycles. The van der Waals surface area contributed by atoms with Crippen LogP contribution in [0.5, 0.6) is 0 Å². The van der Waals surface area contributed by atoms with E-state index in [4.69, 9.17) is 0 Å². The molecular weight excluding hydrogens is 267 g/mol. The lowest BCUT2D eigenvalue weighted by Crippen LogP contribution is -2.39. The third kappa shape index (κ3) is 4.21. The number of hydrogen-bond donors (Lipinski definition) is 1. The molecule has 20 heavy (non-hydrogen) atoms. The van der Waals surface area contributed by atoms with E-state index in [1.807, 2.05) is 35.2 Å². The van der Waals surface area contributed by atoms with E-state index in [0.29, 0.717) is 26.1 Å². The zero-order valence-corrected chi connectivity index (χ0v) is 11.3. The number of nitrogens with zero attached hydrogens (tertiary/aromatic N) is 1. The number of halogens is 3. The molecule has 5 heteroatoms. The Morgan fingerprint density at radius 3 is 2.30 bits per heavy atom. The molecule has 1 atom stereocenters. The van der Waals surface area contributed by atoms with Gasteiger partial charge in [0.05, 0.1) is 12.0 Å². The van der Waals surface area contributed by atoms with E-state index < -0.39 is 18.2 Å². The van der Waals surface area contributed by atoms with Crippen molar-refractivity contribution in [1.29, 1.82) is 0 Å². The second-order valence-corrected chi connectivity index (χ2v) is 5.37. The molecule has 0 aromatic heterocycles. The summed E-state index contributed by atoms with van der Waals surface area (Å²) in [5, 5.41) is 10.0. The second-order valence-electron chi connectivity index (χ2n) is 5.37. The molecule has 0 bridgehead atoms. The van der Waals surface area contributed by atoms with Gasteiger partial charge in [0, 0.05) is 6.54 Å². The molecule has 0 saturated carbocycles. The summed E-state index contributed by atoms with van der Waals surface area (Å²) >= 11 is 0. The number of rotatable bonds is 4.